The topological polar surface area (TPSA) is 51.6 Å². The molecule has 2 aliphatic carbocycles. The molecule has 12 rings (SSSR count). The van der Waals surface area contributed by atoms with Gasteiger partial charge in [0.25, 0.3) is 0 Å². The molecular weight excluding hydrogens is 1730 g/mol. The molecule has 0 unspecified atom stereocenters. The first kappa shape index (κ1) is 109. The lowest BCUT2D eigenvalue weighted by Gasteiger charge is -2.35. The Morgan fingerprint density at radius 1 is 0.216 bits per heavy atom. The van der Waals surface area contributed by atoms with E-state index in [-0.39, 0.29) is 10.8 Å². The van der Waals surface area contributed by atoms with Gasteiger partial charge in [-0.1, -0.05) is 536 Å². The van der Waals surface area contributed by atoms with Crippen molar-refractivity contribution < 1.29 is 0 Å². The molecule has 4 aromatic heterocycles. The lowest BCUT2D eigenvalue weighted by molar-refractivity contribution is 0.393. The first-order chi connectivity index (χ1) is 66.1. The van der Waals surface area contributed by atoms with Crippen molar-refractivity contribution in [2.45, 2.75) is 592 Å². The number of aromatic nitrogens is 4. The second-order valence-corrected chi connectivity index (χ2v) is 56.5. The van der Waals surface area contributed by atoms with Gasteiger partial charge in [-0.05, 0) is 165 Å². The summed E-state index contributed by atoms with van der Waals surface area (Å²) >= 11 is 7.44. The summed E-state index contributed by atoms with van der Waals surface area (Å²) in [4.78, 5) is 6.44. The maximum Gasteiger partial charge on any atom is 0.120 e. The van der Waals surface area contributed by atoms with Gasteiger partial charge in [0, 0.05) is 47.0 Å². The number of rotatable bonds is 81. The molecule has 0 N–H and O–H groups in total. The van der Waals surface area contributed by atoms with Gasteiger partial charge in [-0.25, -0.2) is 0 Å². The SMILES string of the molecule is CCCCCCCCCCCCCCCCC1(CCCCCCCCCCCCCCCC)c2cc3c(cc2-c2c1cc(C)c1nsnc21)C(CCCCCCCCCCCCCCCC)(CCCCCCCCCCCCCCCC)c1cc(-c2cc4c(s2)-c2cc5c(cc2[Si]4(CCCCCC)CCCCCC)-c2sc(C)cc2[Si]5(CCCCCC)CCCCCC)c2nsnc2c1-3. The van der Waals surface area contributed by atoms with Gasteiger partial charge < -0.3 is 0 Å². The maximum atomic E-state index is 5.87. The fourth-order valence-electron chi connectivity index (χ4n) is 26.4. The molecule has 4 aromatic carbocycles. The third-order valence-corrected chi connectivity index (χ3v) is 48.5. The highest BCUT2D eigenvalue weighted by molar-refractivity contribution is 7.25. The Morgan fingerprint density at radius 2 is 0.463 bits per heavy atom. The van der Waals surface area contributed by atoms with E-state index in [4.69, 9.17) is 17.5 Å². The van der Waals surface area contributed by atoms with Crippen molar-refractivity contribution in [2.75, 3.05) is 0 Å². The number of benzene rings is 4. The van der Waals surface area contributed by atoms with E-state index in [2.05, 4.69) is 140 Å². The number of thiophene rings is 2. The fraction of sp³-hybridized carbons (Fsp3) is 0.742. The summed E-state index contributed by atoms with van der Waals surface area (Å²) < 4.78 is 22.4. The van der Waals surface area contributed by atoms with E-state index in [0.29, 0.717) is 0 Å². The minimum Gasteiger partial charge on any atom is -0.173 e. The molecule has 0 saturated heterocycles. The Hall–Kier alpha value is -3.65. The molecule has 4 aliphatic rings. The number of hydrogen-bond donors (Lipinski definition) is 0. The first-order valence-corrected chi connectivity index (χ1v) is 67.2. The minimum atomic E-state index is -2.35. The van der Waals surface area contributed by atoms with Crippen LogP contribution in [-0.4, -0.2) is 33.6 Å². The van der Waals surface area contributed by atoms with E-state index in [1.165, 1.54) is 590 Å². The summed E-state index contributed by atoms with van der Waals surface area (Å²) in [5.74, 6) is 0. The molecule has 0 fully saturated rings. The van der Waals surface area contributed by atoms with Crippen LogP contribution in [0.5, 0.6) is 0 Å². The highest BCUT2D eigenvalue weighted by Crippen LogP contribution is 2.64. The second kappa shape index (κ2) is 60.1. The zero-order valence-corrected chi connectivity index (χ0v) is 93.9. The van der Waals surface area contributed by atoms with Crippen molar-refractivity contribution in [3.8, 4) is 53.6 Å². The van der Waals surface area contributed by atoms with Crippen molar-refractivity contribution in [3.63, 3.8) is 0 Å². The highest BCUT2D eigenvalue weighted by atomic mass is 32.1. The fourth-order valence-corrected chi connectivity index (χ4v) is 42.5. The average molecular weight is 1930 g/mol. The van der Waals surface area contributed by atoms with Crippen LogP contribution in [0.1, 0.15) is 576 Å². The van der Waals surface area contributed by atoms with Crippen LogP contribution in [0.2, 0.25) is 24.2 Å². The largest absolute Gasteiger partial charge is 0.173 e. The third kappa shape index (κ3) is 28.9. The molecule has 2 aliphatic heterocycles. The molecule has 10 heteroatoms. The summed E-state index contributed by atoms with van der Waals surface area (Å²) in [5, 5.41) is 7.37. The van der Waals surface area contributed by atoms with Gasteiger partial charge in [-0.2, -0.15) is 17.5 Å². The van der Waals surface area contributed by atoms with Crippen LogP contribution < -0.4 is 20.7 Å². The van der Waals surface area contributed by atoms with Gasteiger partial charge in [0.05, 0.1) is 23.5 Å². The Bertz CT molecular complexity index is 4530. The van der Waals surface area contributed by atoms with Crippen molar-refractivity contribution in [1.82, 2.24) is 17.5 Å². The summed E-state index contributed by atoms with van der Waals surface area (Å²) in [6, 6.07) is 28.8. The van der Waals surface area contributed by atoms with Gasteiger partial charge in [0.1, 0.15) is 38.2 Å². The van der Waals surface area contributed by atoms with Crippen LogP contribution in [0.25, 0.3) is 75.6 Å². The molecule has 0 saturated carbocycles. The van der Waals surface area contributed by atoms with Gasteiger partial charge in [-0.3, -0.25) is 0 Å². The minimum absolute atomic E-state index is 0.112. The summed E-state index contributed by atoms with van der Waals surface area (Å²) in [5.41, 5.74) is 23.1. The zero-order valence-electron chi connectivity index (χ0n) is 88.6. The maximum absolute atomic E-state index is 5.87. The summed E-state index contributed by atoms with van der Waals surface area (Å²) in [7, 11) is -4.48. The van der Waals surface area contributed by atoms with Gasteiger partial charge in [0.2, 0.25) is 0 Å². The van der Waals surface area contributed by atoms with Crippen molar-refractivity contribution in [3.05, 3.63) is 81.2 Å². The van der Waals surface area contributed by atoms with Crippen LogP contribution in [0.4, 0.5) is 0 Å². The quantitative estimate of drug-likeness (QED) is 0.0282. The molecule has 0 radical (unpaired) electrons. The smallest absolute Gasteiger partial charge is 0.120 e. The molecule has 0 amide bonds. The van der Waals surface area contributed by atoms with Crippen LogP contribution >= 0.6 is 46.1 Å². The standard InChI is InChI=1S/C124H198N4S4Si2/c1-11-19-27-35-39-43-47-51-55-59-63-67-71-75-83-123(84-76-72-68-64-60-56-52-48-44-40-36-28-20-12-2)106-94-102-107(93-101(106)115-108(123)91-99(9)117-119(115)127-131-125-117)124(85-77-73-69-65-61-57-53-49-45-41-37-29-21-13-3,86-78-74-70-66-62-58-54-50-46-42-38-30-22-14-4)109-95-103(118-120(116(102)109)128-132-126-118)110-98-114-122(130-110)105-97-111-104(96-112(105)134(114,89-81-33-25-17-7)90-82-34-26-18-8)121-113(92-100(10)129-121)133(111,87-79-31-23-15-5)88-80-32-24-16-6/h91-98H,11-90H2,1-10H3. The first-order valence-electron chi connectivity index (χ1n) is 59.3. The molecule has 8 aromatic rings. The summed E-state index contributed by atoms with van der Waals surface area (Å²) in [6.45, 7) is 24.0. The molecule has 0 atom stereocenters. The molecule has 0 bridgehead atoms. The predicted octanol–water partition coefficient (Wildman–Crippen LogP) is 41.5. The normalized spacial score (nSPS) is 14.4. The number of nitrogens with zero attached hydrogens (tertiary/aromatic N) is 4. The van der Waals surface area contributed by atoms with E-state index >= 15 is 0 Å². The molecule has 6 heterocycles. The predicted molar refractivity (Wildman–Crippen MR) is 608 cm³/mol. The van der Waals surface area contributed by atoms with Crippen LogP contribution in [0.3, 0.4) is 0 Å². The summed E-state index contributed by atoms with van der Waals surface area (Å²) in [6.07, 6.45) is 104. The van der Waals surface area contributed by atoms with E-state index in [1.807, 2.05) is 20.7 Å². The van der Waals surface area contributed by atoms with E-state index in [0.717, 1.165) is 5.52 Å². The lowest BCUT2D eigenvalue weighted by atomic mass is 9.68. The van der Waals surface area contributed by atoms with Crippen LogP contribution in [-0.2, 0) is 10.8 Å². The van der Waals surface area contributed by atoms with Gasteiger partial charge in [0.15, 0.2) is 0 Å². The molecule has 4 nitrogen and oxygen atoms in total. The number of fused-ring (bicyclic) bond motifs is 16. The Morgan fingerprint density at radius 3 is 0.776 bits per heavy atom. The zero-order chi connectivity index (χ0) is 93.7. The molecule has 0 spiro atoms. The molecular formula is C124H198N4S4Si2. The van der Waals surface area contributed by atoms with Crippen LogP contribution in [0, 0.1) is 13.8 Å². The van der Waals surface area contributed by atoms with Gasteiger partial charge in [-0.15, -0.1) is 22.7 Å². The third-order valence-electron chi connectivity index (χ3n) is 34.2. The lowest BCUT2D eigenvalue weighted by Crippen LogP contribution is -2.56. The van der Waals surface area contributed by atoms with E-state index < -0.39 is 16.1 Å². The Labute approximate surface area is 842 Å². The number of unbranched alkanes of at least 4 members (excludes halogenated alkanes) is 64. The van der Waals surface area contributed by atoms with Crippen molar-refractivity contribution in [2.24, 2.45) is 0 Å². The average Bonchev–Trinajstić information content (AvgIpc) is 1.51. The van der Waals surface area contributed by atoms with Crippen LogP contribution in [0.15, 0.2) is 48.5 Å². The molecule has 134 heavy (non-hydrogen) atoms. The number of aryl methyl sites for hydroxylation is 2. The number of hydrogen-bond acceptors (Lipinski definition) is 8. The van der Waals surface area contributed by atoms with Gasteiger partial charge >= 0.3 is 0 Å². The Kier molecular flexibility index (Phi) is 48.9. The van der Waals surface area contributed by atoms with Crippen molar-refractivity contribution >= 4 is 105 Å². The monoisotopic (exact) mass is 1930 g/mol. The second-order valence-electron chi connectivity index (χ2n) is 44.7. The molecule has 746 valence electrons. The Balaban J connectivity index is 0.983. The van der Waals surface area contributed by atoms with E-state index in [1.54, 1.807) is 48.0 Å². The van der Waals surface area contributed by atoms with Crippen molar-refractivity contribution in [1.29, 1.82) is 0 Å². The van der Waals surface area contributed by atoms with E-state index in [9.17, 15) is 0 Å². The highest BCUT2D eigenvalue weighted by Gasteiger charge is 2.54.